The van der Waals surface area contributed by atoms with Gasteiger partial charge in [-0.3, -0.25) is 0 Å². The van der Waals surface area contributed by atoms with Gasteiger partial charge in [-0.2, -0.15) is 0 Å². The molecule has 224 valence electrons. The molecule has 0 aliphatic rings. The number of para-hydroxylation sites is 4. The molecule has 10 rings (SSSR count). The van der Waals surface area contributed by atoms with Gasteiger partial charge in [0.2, 0.25) is 0 Å². The molecule has 0 saturated heterocycles. The monoisotopic (exact) mass is 613 g/mol. The third-order valence-electron chi connectivity index (χ3n) is 9.34. The maximum absolute atomic E-state index is 5.14. The van der Waals surface area contributed by atoms with Crippen molar-refractivity contribution in [2.24, 2.45) is 0 Å². The van der Waals surface area contributed by atoms with Gasteiger partial charge in [0, 0.05) is 32.8 Å². The fourth-order valence-corrected chi connectivity index (χ4v) is 7.26. The summed E-state index contributed by atoms with van der Waals surface area (Å²) in [5.74, 6) is 1.90. The highest BCUT2D eigenvalue weighted by Gasteiger charge is 2.21. The van der Waals surface area contributed by atoms with E-state index in [1.165, 1.54) is 32.6 Å². The van der Waals surface area contributed by atoms with Crippen molar-refractivity contribution in [3.8, 4) is 39.9 Å². The zero-order valence-electron chi connectivity index (χ0n) is 25.8. The molecule has 3 heterocycles. The quantitative estimate of drug-likeness (QED) is 0.198. The Kier molecular flexibility index (Phi) is 5.81. The van der Waals surface area contributed by atoms with Gasteiger partial charge in [0.05, 0.1) is 33.3 Å². The summed E-state index contributed by atoms with van der Waals surface area (Å²) in [6, 6.07) is 57.3. The summed E-state index contributed by atoms with van der Waals surface area (Å²) in [6.45, 7) is 0. The van der Waals surface area contributed by atoms with E-state index in [9.17, 15) is 0 Å². The summed E-state index contributed by atoms with van der Waals surface area (Å²) < 4.78 is 4.83. The second-order valence-corrected chi connectivity index (χ2v) is 12.1. The molecule has 0 saturated carbocycles. The Bertz CT molecular complexity index is 2760. The van der Waals surface area contributed by atoms with Crippen molar-refractivity contribution < 1.29 is 0 Å². The van der Waals surface area contributed by atoms with Gasteiger partial charge in [0.25, 0.3) is 0 Å². The van der Waals surface area contributed by atoms with E-state index in [1.807, 2.05) is 60.7 Å². The van der Waals surface area contributed by atoms with Crippen LogP contribution in [0.5, 0.6) is 0 Å². The van der Waals surface area contributed by atoms with Crippen molar-refractivity contribution in [1.82, 2.24) is 23.9 Å². The van der Waals surface area contributed by atoms with Crippen LogP contribution >= 0.6 is 0 Å². The smallest absolute Gasteiger partial charge is 0.166 e. The molecule has 3 aromatic heterocycles. The van der Waals surface area contributed by atoms with Crippen LogP contribution in [0.2, 0.25) is 0 Å². The lowest BCUT2D eigenvalue weighted by Crippen LogP contribution is -2.04. The third-order valence-corrected chi connectivity index (χ3v) is 9.34. The Morgan fingerprint density at radius 2 is 0.958 bits per heavy atom. The van der Waals surface area contributed by atoms with Gasteiger partial charge in [-0.15, -0.1) is 0 Å². The minimum Gasteiger partial charge on any atom is -0.307 e. The Labute approximate surface area is 276 Å². The highest BCUT2D eigenvalue weighted by Crippen LogP contribution is 2.40. The predicted octanol–water partition coefficient (Wildman–Crippen LogP) is 10.5. The molecule has 0 atom stereocenters. The van der Waals surface area contributed by atoms with E-state index in [4.69, 9.17) is 15.0 Å². The van der Waals surface area contributed by atoms with E-state index in [2.05, 4.69) is 112 Å². The van der Waals surface area contributed by atoms with Crippen LogP contribution in [0.4, 0.5) is 0 Å². The molecule has 0 N–H and O–H groups in total. The standard InChI is InChI=1S/C43H27N5/c1-3-14-29(15-4-1)41-44-42(30-16-5-2-6-17-30)46-43(45-41)33-20-8-10-22-35(33)47-36-23-11-12-24-37(36)48-34-21-9-7-19-31(34)32-27-26-28-18-13-25-38(47)39(28)40(32)48/h1-27H. The molecule has 0 bridgehead atoms. The van der Waals surface area contributed by atoms with Crippen LogP contribution in [-0.2, 0) is 0 Å². The Hall–Kier alpha value is -6.59. The summed E-state index contributed by atoms with van der Waals surface area (Å²) in [5, 5.41) is 4.90. The number of hydrogen-bond donors (Lipinski definition) is 0. The molecule has 0 unspecified atom stereocenters. The van der Waals surface area contributed by atoms with Crippen molar-refractivity contribution in [2.75, 3.05) is 0 Å². The Balaban J connectivity index is 1.36. The normalized spacial score (nSPS) is 11.8. The molecule has 0 fully saturated rings. The van der Waals surface area contributed by atoms with E-state index in [0.717, 1.165) is 38.9 Å². The SMILES string of the molecule is c1ccc(-c2nc(-c3ccccc3)nc(-c3ccccc3-n3c4cccc5ccc6c7ccccc7n(c7ccccc73)c6c54)n2)cc1. The van der Waals surface area contributed by atoms with Gasteiger partial charge >= 0.3 is 0 Å². The molecule has 7 aromatic carbocycles. The topological polar surface area (TPSA) is 48.0 Å². The van der Waals surface area contributed by atoms with E-state index in [0.29, 0.717) is 17.5 Å². The maximum Gasteiger partial charge on any atom is 0.166 e. The van der Waals surface area contributed by atoms with Crippen LogP contribution in [0.3, 0.4) is 0 Å². The first-order chi connectivity index (χ1) is 23.8. The van der Waals surface area contributed by atoms with Crippen molar-refractivity contribution in [2.45, 2.75) is 0 Å². The van der Waals surface area contributed by atoms with E-state index >= 15 is 0 Å². The van der Waals surface area contributed by atoms with E-state index < -0.39 is 0 Å². The molecule has 0 aliphatic heterocycles. The predicted molar refractivity (Wildman–Crippen MR) is 196 cm³/mol. The van der Waals surface area contributed by atoms with Gasteiger partial charge in [0.1, 0.15) is 0 Å². The highest BCUT2D eigenvalue weighted by atomic mass is 15.1. The third kappa shape index (κ3) is 3.94. The van der Waals surface area contributed by atoms with Crippen LogP contribution in [0.15, 0.2) is 164 Å². The molecule has 48 heavy (non-hydrogen) atoms. The minimum absolute atomic E-state index is 0.621. The largest absolute Gasteiger partial charge is 0.307 e. The van der Waals surface area contributed by atoms with Crippen molar-refractivity contribution in [1.29, 1.82) is 0 Å². The van der Waals surface area contributed by atoms with Gasteiger partial charge in [-0.1, -0.05) is 127 Å². The molecule has 0 amide bonds. The van der Waals surface area contributed by atoms with Crippen LogP contribution < -0.4 is 0 Å². The van der Waals surface area contributed by atoms with Crippen LogP contribution in [0.25, 0.3) is 89.0 Å². The average Bonchev–Trinajstić information content (AvgIpc) is 3.44. The number of hydrogen-bond acceptors (Lipinski definition) is 3. The average molecular weight is 614 g/mol. The lowest BCUT2D eigenvalue weighted by molar-refractivity contribution is 1.06. The Morgan fingerprint density at radius 3 is 1.71 bits per heavy atom. The zero-order chi connectivity index (χ0) is 31.6. The summed E-state index contributed by atoms with van der Waals surface area (Å²) in [5.41, 5.74) is 9.52. The van der Waals surface area contributed by atoms with Gasteiger partial charge < -0.3 is 8.97 Å². The molecular formula is C43H27N5. The second kappa shape index (κ2) is 10.5. The number of fused-ring (bicyclic) bond motifs is 5. The number of rotatable bonds is 4. The van der Waals surface area contributed by atoms with Crippen LogP contribution in [0.1, 0.15) is 0 Å². The van der Waals surface area contributed by atoms with E-state index in [-0.39, 0.29) is 0 Å². The summed E-state index contributed by atoms with van der Waals surface area (Å²) >= 11 is 0. The fraction of sp³-hybridized carbons (Fsp3) is 0. The lowest BCUT2D eigenvalue weighted by Gasteiger charge is -2.17. The number of nitrogens with zero attached hydrogens (tertiary/aromatic N) is 5. The molecule has 5 nitrogen and oxygen atoms in total. The second-order valence-electron chi connectivity index (χ2n) is 12.1. The van der Waals surface area contributed by atoms with Gasteiger partial charge in [-0.05, 0) is 41.8 Å². The Morgan fingerprint density at radius 1 is 0.375 bits per heavy atom. The van der Waals surface area contributed by atoms with Gasteiger partial charge in [0.15, 0.2) is 17.5 Å². The van der Waals surface area contributed by atoms with Crippen molar-refractivity contribution in [3.05, 3.63) is 164 Å². The summed E-state index contributed by atoms with van der Waals surface area (Å²) in [4.78, 5) is 15.2. The molecular weight excluding hydrogens is 587 g/mol. The summed E-state index contributed by atoms with van der Waals surface area (Å²) in [7, 11) is 0. The zero-order valence-corrected chi connectivity index (χ0v) is 25.8. The number of aromatic nitrogens is 5. The molecule has 5 heteroatoms. The molecule has 0 spiro atoms. The first-order valence-corrected chi connectivity index (χ1v) is 16.1. The highest BCUT2D eigenvalue weighted by molar-refractivity contribution is 6.23. The molecule has 0 radical (unpaired) electrons. The van der Waals surface area contributed by atoms with Crippen LogP contribution in [-0.4, -0.2) is 23.9 Å². The van der Waals surface area contributed by atoms with Crippen LogP contribution in [0, 0.1) is 0 Å². The van der Waals surface area contributed by atoms with Crippen molar-refractivity contribution in [3.63, 3.8) is 0 Å². The summed E-state index contributed by atoms with van der Waals surface area (Å²) in [6.07, 6.45) is 0. The minimum atomic E-state index is 0.621. The maximum atomic E-state index is 5.14. The first kappa shape index (κ1) is 26.6. The number of benzene rings is 7. The van der Waals surface area contributed by atoms with Gasteiger partial charge in [-0.25, -0.2) is 15.0 Å². The van der Waals surface area contributed by atoms with Crippen molar-refractivity contribution >= 4 is 49.1 Å². The van der Waals surface area contributed by atoms with E-state index in [1.54, 1.807) is 0 Å². The first-order valence-electron chi connectivity index (χ1n) is 16.1. The lowest BCUT2D eigenvalue weighted by atomic mass is 10.0. The fourth-order valence-electron chi connectivity index (χ4n) is 7.26. The molecule has 0 aliphatic carbocycles. The molecule has 10 aromatic rings.